The van der Waals surface area contributed by atoms with Crippen molar-refractivity contribution < 1.29 is 38.2 Å². The van der Waals surface area contributed by atoms with Gasteiger partial charge < -0.3 is 23.8 Å². The van der Waals surface area contributed by atoms with Crippen LogP contribution in [-0.2, 0) is 28.6 Å². The number of likely N-dealkylation sites (N-methyl/N-ethyl adjacent to an activating group) is 1. The van der Waals surface area contributed by atoms with Crippen LogP contribution in [0.1, 0.15) is 200 Å². The molecule has 0 heterocycles. The number of ether oxygens (including phenoxy) is 3. The average Bonchev–Trinajstić information content (AvgIpc) is 3.26. The molecule has 0 saturated carbocycles. The fourth-order valence-corrected chi connectivity index (χ4v) is 7.16. The van der Waals surface area contributed by atoms with Crippen molar-refractivity contribution >= 4 is 17.9 Å². The summed E-state index contributed by atoms with van der Waals surface area (Å²) in [5.74, 6) is -1.51. The normalized spacial score (nSPS) is 13.6. The van der Waals surface area contributed by atoms with Crippen LogP contribution < -0.4 is 0 Å². The molecule has 1 N–H and O–H groups in total. The monoisotopic (exact) mass is 895 g/mol. The molecular weight excluding hydrogens is 799 g/mol. The predicted molar refractivity (Wildman–Crippen MR) is 270 cm³/mol. The topological polar surface area (TPSA) is 99.1 Å². The second kappa shape index (κ2) is 46.1. The molecule has 0 bridgehead atoms. The number of carbonyl (C=O) groups is 3. The van der Waals surface area contributed by atoms with Gasteiger partial charge in [0, 0.05) is 19.3 Å². The molecule has 366 valence electrons. The van der Waals surface area contributed by atoms with Crippen molar-refractivity contribution in [1.29, 1.82) is 0 Å². The van der Waals surface area contributed by atoms with E-state index in [9.17, 15) is 19.5 Å². The van der Waals surface area contributed by atoms with Crippen LogP contribution in [0.2, 0.25) is 0 Å². The van der Waals surface area contributed by atoms with E-state index in [2.05, 4.69) is 98.9 Å². The van der Waals surface area contributed by atoms with E-state index in [1.54, 1.807) is 0 Å². The summed E-state index contributed by atoms with van der Waals surface area (Å²) in [6, 6.07) is -0.624. The summed E-state index contributed by atoms with van der Waals surface area (Å²) in [5, 5.41) is 9.66. The number of esters is 2. The Morgan fingerprint density at radius 1 is 0.469 bits per heavy atom. The number of hydrogen-bond donors (Lipinski definition) is 1. The molecule has 64 heavy (non-hydrogen) atoms. The van der Waals surface area contributed by atoms with Crippen molar-refractivity contribution in [3.63, 3.8) is 0 Å². The molecule has 0 saturated heterocycles. The first kappa shape index (κ1) is 60.5. The van der Waals surface area contributed by atoms with Gasteiger partial charge in [-0.05, 0) is 83.5 Å². The fourth-order valence-electron chi connectivity index (χ4n) is 7.16. The minimum atomic E-state index is -0.881. The lowest BCUT2D eigenvalue weighted by Gasteiger charge is -2.31. The Morgan fingerprint density at radius 3 is 1.23 bits per heavy atom. The molecule has 0 aromatic heterocycles. The molecule has 2 unspecified atom stereocenters. The molecule has 8 heteroatoms. The Labute approximate surface area is 393 Å². The Balaban J connectivity index is 4.30. The highest BCUT2D eigenvalue weighted by Gasteiger charge is 2.31. The number of quaternary nitrogens is 1. The largest absolute Gasteiger partial charge is 0.477 e. The van der Waals surface area contributed by atoms with Crippen LogP contribution in [0.3, 0.4) is 0 Å². The number of carboxylic acid groups (broad SMARTS) is 1. The molecule has 0 rings (SSSR count). The highest BCUT2D eigenvalue weighted by atomic mass is 16.6. The third-order valence-corrected chi connectivity index (χ3v) is 11.0. The fraction of sp³-hybridized carbons (Fsp3) is 0.696. The van der Waals surface area contributed by atoms with Gasteiger partial charge >= 0.3 is 17.9 Å². The first-order valence-electron chi connectivity index (χ1n) is 25.6. The molecule has 0 aromatic carbocycles. The Bertz CT molecular complexity index is 1320. The van der Waals surface area contributed by atoms with Crippen LogP contribution in [0.15, 0.2) is 85.1 Å². The van der Waals surface area contributed by atoms with Crippen LogP contribution in [0, 0.1) is 0 Å². The number of unbranched alkanes of at least 4 members (excludes halogenated alkanes) is 17. The lowest BCUT2D eigenvalue weighted by atomic mass is 10.0. The second-order valence-corrected chi connectivity index (χ2v) is 18.0. The number of nitrogens with zero attached hydrogens (tertiary/aromatic N) is 1. The van der Waals surface area contributed by atoms with E-state index in [0.717, 1.165) is 89.9 Å². The summed E-state index contributed by atoms with van der Waals surface area (Å²) in [5.41, 5.74) is 0. The van der Waals surface area contributed by atoms with Gasteiger partial charge in [-0.1, -0.05) is 182 Å². The lowest BCUT2D eigenvalue weighted by Crippen LogP contribution is -2.50. The predicted octanol–water partition coefficient (Wildman–Crippen LogP) is 14.9. The van der Waals surface area contributed by atoms with Crippen LogP contribution in [-0.4, -0.2) is 80.6 Å². The number of carbonyl (C=O) groups excluding carboxylic acids is 2. The first-order chi connectivity index (χ1) is 31.1. The minimum Gasteiger partial charge on any atom is -0.477 e. The van der Waals surface area contributed by atoms with Crippen LogP contribution >= 0.6 is 0 Å². The third kappa shape index (κ3) is 43.7. The van der Waals surface area contributed by atoms with Gasteiger partial charge in [-0.25, -0.2) is 4.79 Å². The van der Waals surface area contributed by atoms with E-state index in [1.807, 2.05) is 21.1 Å². The standard InChI is InChI=1S/C56H95NO7/c1-6-8-10-12-14-16-18-20-22-24-26-27-29-31-33-35-37-39-41-43-45-47-55(59)64-52(50-62-49-48-53(56(60)61)57(3,4)5)51-63-54(58)46-44-42-40-38-36-34-32-30-28-25-23-21-19-17-15-13-11-9-7-2/h8-11,14-17,21,23,28,30,34,36,52-53H,6-7,12-13,18-20,22,24-27,29,31-33,35,37-51H2,1-5H3/p+1/b10-8+,11-9+,16-14+,17-15+,23-21+,30-28+,36-34+. The average molecular weight is 895 g/mol. The zero-order chi connectivity index (χ0) is 47.0. The van der Waals surface area contributed by atoms with Gasteiger partial charge in [0.05, 0.1) is 34.4 Å². The van der Waals surface area contributed by atoms with Crippen molar-refractivity contribution in [3.8, 4) is 0 Å². The zero-order valence-corrected chi connectivity index (χ0v) is 41.7. The number of carboxylic acids is 1. The van der Waals surface area contributed by atoms with Crippen molar-refractivity contribution in [2.45, 2.75) is 212 Å². The molecular formula is C56H96NO7+. The molecule has 0 fully saturated rings. The maximum Gasteiger partial charge on any atom is 0.362 e. The van der Waals surface area contributed by atoms with Crippen molar-refractivity contribution in [3.05, 3.63) is 85.1 Å². The zero-order valence-electron chi connectivity index (χ0n) is 41.7. The van der Waals surface area contributed by atoms with Gasteiger partial charge in [-0.2, -0.15) is 0 Å². The van der Waals surface area contributed by atoms with Crippen LogP contribution in [0.5, 0.6) is 0 Å². The van der Waals surface area contributed by atoms with Crippen LogP contribution in [0.4, 0.5) is 0 Å². The number of rotatable bonds is 45. The Kier molecular flexibility index (Phi) is 43.5. The van der Waals surface area contributed by atoms with E-state index < -0.39 is 18.1 Å². The molecule has 0 radical (unpaired) electrons. The molecule has 0 aromatic rings. The van der Waals surface area contributed by atoms with Gasteiger partial charge in [-0.3, -0.25) is 9.59 Å². The molecule has 8 nitrogen and oxygen atoms in total. The summed E-state index contributed by atoms with van der Waals surface area (Å²) >= 11 is 0. The Morgan fingerprint density at radius 2 is 0.828 bits per heavy atom. The van der Waals surface area contributed by atoms with E-state index in [-0.39, 0.29) is 36.2 Å². The summed E-state index contributed by atoms with van der Waals surface area (Å²) in [6.45, 7) is 4.49. The van der Waals surface area contributed by atoms with E-state index in [4.69, 9.17) is 14.2 Å². The van der Waals surface area contributed by atoms with Gasteiger partial charge in [0.25, 0.3) is 0 Å². The summed E-state index contributed by atoms with van der Waals surface area (Å²) in [4.78, 5) is 37.2. The van der Waals surface area contributed by atoms with E-state index in [1.165, 1.54) is 77.0 Å². The van der Waals surface area contributed by atoms with E-state index >= 15 is 0 Å². The number of allylic oxidation sites excluding steroid dienone is 14. The second-order valence-electron chi connectivity index (χ2n) is 18.0. The van der Waals surface area contributed by atoms with Crippen LogP contribution in [0.25, 0.3) is 0 Å². The molecule has 0 spiro atoms. The van der Waals surface area contributed by atoms with Crippen molar-refractivity contribution in [2.75, 3.05) is 41.0 Å². The van der Waals surface area contributed by atoms with Gasteiger partial charge in [0.1, 0.15) is 6.61 Å². The van der Waals surface area contributed by atoms with Gasteiger partial charge in [0.15, 0.2) is 12.1 Å². The molecule has 0 aliphatic carbocycles. The SMILES string of the molecule is CC/C=C/C/C=C/C/C=C/C/C=C/C/C=C/CCCCCC(=O)OCC(COCCC(C(=O)O)[N+](C)(C)C)OC(=O)CCCCCCCCCCCCCCCC/C=C/C/C=C/CC. The van der Waals surface area contributed by atoms with Crippen molar-refractivity contribution in [1.82, 2.24) is 0 Å². The summed E-state index contributed by atoms with van der Waals surface area (Å²) in [6.07, 6.45) is 60.6. The quantitative estimate of drug-likeness (QED) is 0.0281. The van der Waals surface area contributed by atoms with Gasteiger partial charge in [-0.15, -0.1) is 0 Å². The first-order valence-corrected chi connectivity index (χ1v) is 25.6. The minimum absolute atomic E-state index is 0.0468. The highest BCUT2D eigenvalue weighted by Crippen LogP contribution is 2.15. The Hall–Kier alpha value is -3.49. The van der Waals surface area contributed by atoms with Crippen molar-refractivity contribution in [2.24, 2.45) is 0 Å². The highest BCUT2D eigenvalue weighted by molar-refractivity contribution is 5.72. The number of hydrogen-bond acceptors (Lipinski definition) is 6. The van der Waals surface area contributed by atoms with E-state index in [0.29, 0.717) is 19.3 Å². The van der Waals surface area contributed by atoms with Gasteiger partial charge in [0.2, 0.25) is 0 Å². The summed E-state index contributed by atoms with van der Waals surface area (Å²) < 4.78 is 17.3. The molecule has 2 atom stereocenters. The number of aliphatic carboxylic acids is 1. The maximum atomic E-state index is 12.8. The molecule has 0 amide bonds. The lowest BCUT2D eigenvalue weighted by molar-refractivity contribution is -0.887. The summed E-state index contributed by atoms with van der Waals surface area (Å²) in [7, 11) is 5.52. The molecule has 0 aliphatic rings. The molecule has 0 aliphatic heterocycles. The smallest absolute Gasteiger partial charge is 0.362 e. The maximum absolute atomic E-state index is 12.8. The third-order valence-electron chi connectivity index (χ3n) is 11.0.